The van der Waals surface area contributed by atoms with Gasteiger partial charge in [-0.3, -0.25) is 4.90 Å². The molecule has 0 amide bonds. The zero-order chi connectivity index (χ0) is 6.10. The van der Waals surface area contributed by atoms with Crippen molar-refractivity contribution in [3.8, 4) is 0 Å². The third-order valence-corrected chi connectivity index (χ3v) is 2.45. The average Bonchev–Trinajstić information content (AvgIpc) is 2.33. The molecular weight excluding hydrogens is 272 g/mol. The normalized spacial score (nSPS) is 30.0. The van der Waals surface area contributed by atoms with E-state index >= 15 is 0 Å². The molecule has 0 aromatic heterocycles. The van der Waals surface area contributed by atoms with Gasteiger partial charge >= 0.3 is 0 Å². The van der Waals surface area contributed by atoms with Crippen LogP contribution in [0.25, 0.3) is 0 Å². The van der Waals surface area contributed by atoms with Crippen molar-refractivity contribution in [2.45, 2.75) is 18.9 Å². The van der Waals surface area contributed by atoms with E-state index in [1.54, 1.807) is 0 Å². The van der Waals surface area contributed by atoms with Gasteiger partial charge in [0.05, 0.1) is 0 Å². The predicted molar refractivity (Wildman–Crippen MR) is 58.1 cm³/mol. The molecule has 0 bridgehead atoms. The molecule has 2 aliphatic rings. The largest absolute Gasteiger partial charge is 0.314 e. The van der Waals surface area contributed by atoms with Crippen LogP contribution in [0.15, 0.2) is 0 Å². The minimum atomic E-state index is 0. The fraction of sp³-hybridized carbons (Fsp3) is 1.00. The first-order valence-electron chi connectivity index (χ1n) is 3.91. The van der Waals surface area contributed by atoms with E-state index in [4.69, 9.17) is 0 Å². The highest BCUT2D eigenvalue weighted by molar-refractivity contribution is 8.93. The van der Waals surface area contributed by atoms with Gasteiger partial charge in [0, 0.05) is 25.7 Å². The highest BCUT2D eigenvalue weighted by atomic mass is 79.9. The summed E-state index contributed by atoms with van der Waals surface area (Å²) in [4.78, 5) is 2.61. The lowest BCUT2D eigenvalue weighted by Crippen LogP contribution is -2.47. The zero-order valence-electron chi connectivity index (χ0n) is 6.58. The van der Waals surface area contributed by atoms with Crippen LogP contribution in [0.2, 0.25) is 0 Å². The smallest absolute Gasteiger partial charge is 0.0221 e. The van der Waals surface area contributed by atoms with Gasteiger partial charge in [-0.1, -0.05) is 0 Å². The number of nitrogens with one attached hydrogen (secondary N) is 1. The van der Waals surface area contributed by atoms with Gasteiger partial charge in [-0.15, -0.1) is 34.0 Å². The predicted octanol–water partition coefficient (Wildman–Crippen LogP) is 1.21. The first kappa shape index (κ1) is 11.9. The molecule has 2 fully saturated rings. The van der Waals surface area contributed by atoms with Crippen molar-refractivity contribution in [1.82, 2.24) is 10.2 Å². The van der Waals surface area contributed by atoms with Crippen molar-refractivity contribution in [2.24, 2.45) is 0 Å². The molecule has 0 aromatic rings. The van der Waals surface area contributed by atoms with Crippen molar-refractivity contribution >= 4 is 34.0 Å². The Labute approximate surface area is 89.3 Å². The molecule has 0 aliphatic carbocycles. The number of halogens is 2. The second-order valence-electron chi connectivity index (χ2n) is 3.04. The lowest BCUT2D eigenvalue weighted by Gasteiger charge is -2.29. The standard InChI is InChI=1S/C7H14N2.2BrH/c1-2-7-6-8-3-5-9(7)4-1;;/h7-8H,1-6H2;2*1H/t7-;;/m0../s1. The van der Waals surface area contributed by atoms with Crippen LogP contribution in [0.3, 0.4) is 0 Å². The van der Waals surface area contributed by atoms with Gasteiger partial charge in [0.2, 0.25) is 0 Å². The fourth-order valence-electron chi connectivity index (χ4n) is 1.91. The Balaban J connectivity index is 0.000000500. The lowest BCUT2D eigenvalue weighted by atomic mass is 10.2. The molecule has 0 spiro atoms. The summed E-state index contributed by atoms with van der Waals surface area (Å²) in [5, 5.41) is 3.41. The second-order valence-corrected chi connectivity index (χ2v) is 3.04. The third-order valence-electron chi connectivity index (χ3n) is 2.45. The van der Waals surface area contributed by atoms with Crippen LogP contribution in [0.5, 0.6) is 0 Å². The summed E-state index contributed by atoms with van der Waals surface area (Å²) >= 11 is 0. The van der Waals surface area contributed by atoms with E-state index in [0.29, 0.717) is 0 Å². The van der Waals surface area contributed by atoms with E-state index < -0.39 is 0 Å². The Morgan fingerprint density at radius 2 is 2.00 bits per heavy atom. The summed E-state index contributed by atoms with van der Waals surface area (Å²) in [5.41, 5.74) is 0. The minimum absolute atomic E-state index is 0. The SMILES string of the molecule is Br.Br.C1C[C@H]2CNCCN2C1. The molecule has 0 saturated carbocycles. The molecule has 2 rings (SSSR count). The van der Waals surface area contributed by atoms with Crippen LogP contribution in [-0.4, -0.2) is 37.1 Å². The summed E-state index contributed by atoms with van der Waals surface area (Å²) in [6, 6.07) is 0.888. The quantitative estimate of drug-likeness (QED) is 0.721. The fourth-order valence-corrected chi connectivity index (χ4v) is 1.91. The number of hydrogen-bond acceptors (Lipinski definition) is 2. The monoisotopic (exact) mass is 286 g/mol. The Bertz CT molecular complexity index is 98.6. The van der Waals surface area contributed by atoms with E-state index in [1.165, 1.54) is 39.0 Å². The maximum Gasteiger partial charge on any atom is 0.0221 e. The molecule has 2 aliphatic heterocycles. The molecule has 0 aromatic carbocycles. The van der Waals surface area contributed by atoms with Crippen LogP contribution in [0, 0.1) is 0 Å². The zero-order valence-corrected chi connectivity index (χ0v) is 10.0. The number of nitrogens with zero attached hydrogens (tertiary/aromatic N) is 1. The Morgan fingerprint density at radius 3 is 2.73 bits per heavy atom. The van der Waals surface area contributed by atoms with Crippen LogP contribution in [0.4, 0.5) is 0 Å². The van der Waals surface area contributed by atoms with Crippen molar-refractivity contribution in [3.05, 3.63) is 0 Å². The number of hydrogen-bond donors (Lipinski definition) is 1. The molecule has 68 valence electrons. The molecule has 0 unspecified atom stereocenters. The molecular formula is C7H16Br2N2. The first-order chi connectivity index (χ1) is 4.47. The molecule has 0 radical (unpaired) electrons. The van der Waals surface area contributed by atoms with E-state index in [2.05, 4.69) is 10.2 Å². The molecule has 2 saturated heterocycles. The first-order valence-corrected chi connectivity index (χ1v) is 3.91. The third kappa shape index (κ3) is 2.68. The number of fused-ring (bicyclic) bond motifs is 1. The maximum atomic E-state index is 3.41. The highest BCUT2D eigenvalue weighted by Gasteiger charge is 2.25. The molecule has 2 nitrogen and oxygen atoms in total. The summed E-state index contributed by atoms with van der Waals surface area (Å²) < 4.78 is 0. The molecule has 1 atom stereocenters. The van der Waals surface area contributed by atoms with Crippen molar-refractivity contribution < 1.29 is 0 Å². The lowest BCUT2D eigenvalue weighted by molar-refractivity contribution is 0.212. The summed E-state index contributed by atoms with van der Waals surface area (Å²) in [6.07, 6.45) is 2.85. The van der Waals surface area contributed by atoms with Crippen molar-refractivity contribution in [3.63, 3.8) is 0 Å². The van der Waals surface area contributed by atoms with Crippen LogP contribution in [0.1, 0.15) is 12.8 Å². The van der Waals surface area contributed by atoms with Crippen molar-refractivity contribution in [2.75, 3.05) is 26.2 Å². The van der Waals surface area contributed by atoms with Gasteiger partial charge in [-0.2, -0.15) is 0 Å². The van der Waals surface area contributed by atoms with Gasteiger partial charge < -0.3 is 5.32 Å². The summed E-state index contributed by atoms with van der Waals surface area (Å²) in [7, 11) is 0. The Kier molecular flexibility index (Phi) is 5.95. The van der Waals surface area contributed by atoms with Gasteiger partial charge in [-0.25, -0.2) is 0 Å². The topological polar surface area (TPSA) is 15.3 Å². The average molecular weight is 288 g/mol. The summed E-state index contributed by atoms with van der Waals surface area (Å²) in [6.45, 7) is 5.08. The Morgan fingerprint density at radius 1 is 1.18 bits per heavy atom. The van der Waals surface area contributed by atoms with E-state index in [9.17, 15) is 0 Å². The van der Waals surface area contributed by atoms with Crippen LogP contribution >= 0.6 is 34.0 Å². The minimum Gasteiger partial charge on any atom is -0.314 e. The number of piperazine rings is 1. The van der Waals surface area contributed by atoms with Crippen LogP contribution in [-0.2, 0) is 0 Å². The highest BCUT2D eigenvalue weighted by Crippen LogP contribution is 2.17. The van der Waals surface area contributed by atoms with Gasteiger partial charge in [0.25, 0.3) is 0 Å². The van der Waals surface area contributed by atoms with Crippen molar-refractivity contribution in [1.29, 1.82) is 0 Å². The second kappa shape index (κ2) is 5.51. The molecule has 11 heavy (non-hydrogen) atoms. The van der Waals surface area contributed by atoms with Crippen LogP contribution < -0.4 is 5.32 Å². The molecule has 2 heterocycles. The van der Waals surface area contributed by atoms with Gasteiger partial charge in [0.1, 0.15) is 0 Å². The maximum absolute atomic E-state index is 3.41. The summed E-state index contributed by atoms with van der Waals surface area (Å²) in [5.74, 6) is 0. The van der Waals surface area contributed by atoms with E-state index in [1.807, 2.05) is 0 Å². The van der Waals surface area contributed by atoms with Gasteiger partial charge in [0.15, 0.2) is 0 Å². The molecule has 4 heteroatoms. The van der Waals surface area contributed by atoms with Gasteiger partial charge in [-0.05, 0) is 19.4 Å². The Hall–Kier alpha value is 0.880. The van der Waals surface area contributed by atoms with E-state index in [0.717, 1.165) is 6.04 Å². The molecule has 1 N–H and O–H groups in total. The van der Waals surface area contributed by atoms with E-state index in [-0.39, 0.29) is 34.0 Å². The number of rotatable bonds is 0.